The van der Waals surface area contributed by atoms with E-state index >= 15 is 0 Å². The van der Waals surface area contributed by atoms with Crippen molar-refractivity contribution in [3.8, 4) is 0 Å². The summed E-state index contributed by atoms with van der Waals surface area (Å²) in [7, 11) is 0. The van der Waals surface area contributed by atoms with Crippen molar-refractivity contribution in [3.63, 3.8) is 0 Å². The maximum Gasteiger partial charge on any atom is 0.195 e. The third kappa shape index (κ3) is 0.633. The summed E-state index contributed by atoms with van der Waals surface area (Å²) in [5.74, 6) is 0. The smallest absolute Gasteiger partial charge is 0.195 e. The minimum Gasteiger partial charge on any atom is -0.474 e. The van der Waals surface area contributed by atoms with E-state index in [1.165, 1.54) is 0 Å². The van der Waals surface area contributed by atoms with Crippen LogP contribution in [0.3, 0.4) is 0 Å². The molecule has 9 heavy (non-hydrogen) atoms. The van der Waals surface area contributed by atoms with Crippen molar-refractivity contribution < 1.29 is 4.74 Å². The summed E-state index contributed by atoms with van der Waals surface area (Å²) >= 11 is 0. The molecule has 0 bridgehead atoms. The minimum atomic E-state index is 0.0231. The molecule has 2 aliphatic heterocycles. The first-order valence-electron chi connectivity index (χ1n) is 2.83. The van der Waals surface area contributed by atoms with E-state index in [9.17, 15) is 0 Å². The molecule has 2 heterocycles. The Morgan fingerprint density at radius 1 is 1.67 bits per heavy atom. The number of nitrogens with one attached hydrogen (secondary N) is 1. The van der Waals surface area contributed by atoms with Gasteiger partial charge in [0.05, 0.1) is 6.26 Å². The molecule has 0 aromatic carbocycles. The van der Waals surface area contributed by atoms with Gasteiger partial charge in [-0.15, -0.1) is 0 Å². The zero-order chi connectivity index (χ0) is 6.10. The average Bonchev–Trinajstić information content (AvgIpc) is 2.33. The maximum absolute atomic E-state index is 5.11. The summed E-state index contributed by atoms with van der Waals surface area (Å²) in [4.78, 5) is 0. The molecular weight excluding hydrogens is 114 g/mol. The Morgan fingerprint density at radius 3 is 3.56 bits per heavy atom. The van der Waals surface area contributed by atoms with Crippen molar-refractivity contribution in [1.82, 2.24) is 5.32 Å². The standard InChI is InChI=1S/C7H6NO/c1-2-6-3-5-9-7(6)8-4-1/h1,3-5,7-8H. The molecule has 2 heteroatoms. The molecule has 1 radical (unpaired) electrons. The van der Waals surface area contributed by atoms with Crippen molar-refractivity contribution in [1.29, 1.82) is 0 Å². The highest BCUT2D eigenvalue weighted by Crippen LogP contribution is 2.15. The highest BCUT2D eigenvalue weighted by molar-refractivity contribution is 5.28. The molecular formula is C7H6NO. The Bertz CT molecular complexity index is 203. The molecule has 45 valence electrons. The van der Waals surface area contributed by atoms with Crippen LogP contribution < -0.4 is 5.32 Å². The van der Waals surface area contributed by atoms with Gasteiger partial charge in [-0.1, -0.05) is 0 Å². The van der Waals surface area contributed by atoms with E-state index in [-0.39, 0.29) is 6.23 Å². The Balaban J connectivity index is 2.31. The SMILES string of the molecule is [C]1=C2C=COC2NC=C1. The van der Waals surface area contributed by atoms with Crippen LogP contribution in [0.15, 0.2) is 30.2 Å². The maximum atomic E-state index is 5.11. The molecule has 2 nitrogen and oxygen atoms in total. The second-order valence-corrected chi connectivity index (χ2v) is 1.92. The summed E-state index contributed by atoms with van der Waals surface area (Å²) in [6.45, 7) is 0. The fourth-order valence-corrected chi connectivity index (χ4v) is 0.878. The second-order valence-electron chi connectivity index (χ2n) is 1.92. The lowest BCUT2D eigenvalue weighted by Gasteiger charge is -2.13. The van der Waals surface area contributed by atoms with Crippen molar-refractivity contribution >= 4 is 0 Å². The van der Waals surface area contributed by atoms with Gasteiger partial charge in [0.15, 0.2) is 6.23 Å². The van der Waals surface area contributed by atoms with E-state index in [1.54, 1.807) is 6.26 Å². The number of hydrogen-bond acceptors (Lipinski definition) is 2. The van der Waals surface area contributed by atoms with Crippen molar-refractivity contribution in [3.05, 3.63) is 36.3 Å². The normalized spacial score (nSPS) is 28.4. The highest BCUT2D eigenvalue weighted by Gasteiger charge is 2.16. The first kappa shape index (κ1) is 4.68. The molecule has 1 unspecified atom stereocenters. The molecule has 1 atom stereocenters. The number of fused-ring (bicyclic) bond motifs is 1. The molecule has 1 N–H and O–H groups in total. The van der Waals surface area contributed by atoms with Gasteiger partial charge in [0.1, 0.15) is 0 Å². The van der Waals surface area contributed by atoms with Crippen LogP contribution >= 0.6 is 0 Å². The van der Waals surface area contributed by atoms with Crippen LogP contribution in [-0.2, 0) is 4.74 Å². The van der Waals surface area contributed by atoms with E-state index in [0.717, 1.165) is 5.57 Å². The third-order valence-corrected chi connectivity index (χ3v) is 1.33. The zero-order valence-electron chi connectivity index (χ0n) is 4.79. The molecule has 2 rings (SSSR count). The predicted octanol–water partition coefficient (Wildman–Crippen LogP) is 0.703. The summed E-state index contributed by atoms with van der Waals surface area (Å²) in [5, 5.41) is 3.02. The van der Waals surface area contributed by atoms with Crippen molar-refractivity contribution in [2.45, 2.75) is 6.23 Å². The van der Waals surface area contributed by atoms with E-state index in [0.29, 0.717) is 0 Å². The molecule has 0 aliphatic carbocycles. The van der Waals surface area contributed by atoms with Gasteiger partial charge in [0, 0.05) is 11.8 Å². The lowest BCUT2D eigenvalue weighted by Crippen LogP contribution is -2.26. The largest absolute Gasteiger partial charge is 0.474 e. The van der Waals surface area contributed by atoms with Crippen LogP contribution in [-0.4, -0.2) is 6.23 Å². The van der Waals surface area contributed by atoms with Gasteiger partial charge >= 0.3 is 0 Å². The molecule has 0 fully saturated rings. The average molecular weight is 120 g/mol. The second kappa shape index (κ2) is 1.65. The quantitative estimate of drug-likeness (QED) is 0.508. The molecule has 2 aliphatic rings. The van der Waals surface area contributed by atoms with Gasteiger partial charge < -0.3 is 10.1 Å². The summed E-state index contributed by atoms with van der Waals surface area (Å²) in [6.07, 6.45) is 10.3. The predicted molar refractivity (Wildman–Crippen MR) is 33.0 cm³/mol. The monoisotopic (exact) mass is 120 g/mol. The molecule has 0 saturated carbocycles. The van der Waals surface area contributed by atoms with E-state index in [4.69, 9.17) is 4.74 Å². The molecule has 0 amide bonds. The highest BCUT2D eigenvalue weighted by atomic mass is 16.5. The molecule has 0 aromatic heterocycles. The van der Waals surface area contributed by atoms with Crippen LogP contribution in [0.2, 0.25) is 0 Å². The van der Waals surface area contributed by atoms with Crippen LogP contribution in [0, 0.1) is 6.08 Å². The zero-order valence-corrected chi connectivity index (χ0v) is 4.79. The fraction of sp³-hybridized carbons (Fsp3) is 0.143. The van der Waals surface area contributed by atoms with Crippen LogP contribution in [0.1, 0.15) is 0 Å². The van der Waals surface area contributed by atoms with Gasteiger partial charge in [0.2, 0.25) is 0 Å². The number of rotatable bonds is 0. The number of dihydropyridines is 1. The Labute approximate surface area is 53.5 Å². The van der Waals surface area contributed by atoms with E-state index < -0.39 is 0 Å². The summed E-state index contributed by atoms with van der Waals surface area (Å²) in [5.41, 5.74) is 1.07. The lowest BCUT2D eigenvalue weighted by atomic mass is 10.2. The van der Waals surface area contributed by atoms with Gasteiger partial charge in [0.25, 0.3) is 0 Å². The molecule has 0 aromatic rings. The molecule has 0 spiro atoms. The van der Waals surface area contributed by atoms with Crippen LogP contribution in [0.25, 0.3) is 0 Å². The van der Waals surface area contributed by atoms with Gasteiger partial charge in [-0.25, -0.2) is 0 Å². The Hall–Kier alpha value is -1.18. The van der Waals surface area contributed by atoms with Crippen LogP contribution in [0.4, 0.5) is 0 Å². The number of allylic oxidation sites excluding steroid dienone is 2. The third-order valence-electron chi connectivity index (χ3n) is 1.33. The summed E-state index contributed by atoms with van der Waals surface area (Å²) in [6, 6.07) is 0. The number of hydrogen-bond donors (Lipinski definition) is 1. The first-order chi connectivity index (χ1) is 4.47. The van der Waals surface area contributed by atoms with Gasteiger partial charge in [-0.05, 0) is 18.2 Å². The summed E-state index contributed by atoms with van der Waals surface area (Å²) < 4.78 is 5.11. The fourth-order valence-electron chi connectivity index (χ4n) is 0.878. The number of ether oxygens (including phenoxy) is 1. The van der Waals surface area contributed by atoms with E-state index in [2.05, 4.69) is 11.4 Å². The Morgan fingerprint density at radius 2 is 2.67 bits per heavy atom. The van der Waals surface area contributed by atoms with Gasteiger partial charge in [-0.3, -0.25) is 0 Å². The van der Waals surface area contributed by atoms with Crippen molar-refractivity contribution in [2.75, 3.05) is 0 Å². The topological polar surface area (TPSA) is 21.3 Å². The van der Waals surface area contributed by atoms with E-state index in [1.807, 2.05) is 18.4 Å². The van der Waals surface area contributed by atoms with Crippen molar-refractivity contribution in [2.24, 2.45) is 0 Å². The lowest BCUT2D eigenvalue weighted by molar-refractivity contribution is 0.176. The minimum absolute atomic E-state index is 0.0231. The Kier molecular flexibility index (Phi) is 0.859. The van der Waals surface area contributed by atoms with Crippen LogP contribution in [0.5, 0.6) is 0 Å². The first-order valence-corrected chi connectivity index (χ1v) is 2.83. The van der Waals surface area contributed by atoms with Gasteiger partial charge in [-0.2, -0.15) is 0 Å². The molecule has 0 saturated heterocycles.